The van der Waals surface area contributed by atoms with Crippen molar-refractivity contribution in [2.24, 2.45) is 5.84 Å². The highest BCUT2D eigenvalue weighted by Crippen LogP contribution is 2.13. The van der Waals surface area contributed by atoms with Gasteiger partial charge in [0.25, 0.3) is 0 Å². The van der Waals surface area contributed by atoms with E-state index in [1.54, 1.807) is 6.20 Å². The standard InChI is InChI=1S/C6H11ClN4/c1-2-11-6(4-9-8)5(7)3-10-11/h3,9H,2,4,8H2,1H3. The van der Waals surface area contributed by atoms with Crippen molar-refractivity contribution >= 4 is 11.6 Å². The second-order valence-corrected chi connectivity index (χ2v) is 2.54. The Morgan fingerprint density at radius 1 is 1.82 bits per heavy atom. The zero-order valence-corrected chi connectivity index (χ0v) is 7.10. The third-order valence-corrected chi connectivity index (χ3v) is 1.78. The van der Waals surface area contributed by atoms with Gasteiger partial charge in [0.2, 0.25) is 0 Å². The largest absolute Gasteiger partial charge is 0.271 e. The topological polar surface area (TPSA) is 55.9 Å². The molecule has 0 aromatic carbocycles. The first kappa shape index (κ1) is 8.52. The van der Waals surface area contributed by atoms with Crippen LogP contribution in [0.1, 0.15) is 12.6 Å². The average Bonchev–Trinajstić information content (AvgIpc) is 2.34. The first-order valence-electron chi connectivity index (χ1n) is 3.43. The lowest BCUT2D eigenvalue weighted by molar-refractivity contribution is 0.591. The molecule has 0 fully saturated rings. The summed E-state index contributed by atoms with van der Waals surface area (Å²) < 4.78 is 1.81. The fourth-order valence-corrected chi connectivity index (χ4v) is 1.14. The van der Waals surface area contributed by atoms with Gasteiger partial charge in [-0.25, -0.2) is 0 Å². The number of hydrazine groups is 1. The van der Waals surface area contributed by atoms with Gasteiger partial charge in [-0.15, -0.1) is 0 Å². The SMILES string of the molecule is CCn1ncc(Cl)c1CNN. The van der Waals surface area contributed by atoms with E-state index >= 15 is 0 Å². The van der Waals surface area contributed by atoms with Crippen LogP contribution < -0.4 is 11.3 Å². The zero-order valence-electron chi connectivity index (χ0n) is 6.34. The Morgan fingerprint density at radius 3 is 3.09 bits per heavy atom. The molecule has 0 spiro atoms. The van der Waals surface area contributed by atoms with Crippen LogP contribution in [0.15, 0.2) is 6.20 Å². The molecule has 0 saturated carbocycles. The fourth-order valence-electron chi connectivity index (χ4n) is 0.933. The number of nitrogens with one attached hydrogen (secondary N) is 1. The normalized spacial score (nSPS) is 10.5. The molecule has 3 N–H and O–H groups in total. The average molecular weight is 175 g/mol. The summed E-state index contributed by atoms with van der Waals surface area (Å²) in [6.07, 6.45) is 1.62. The summed E-state index contributed by atoms with van der Waals surface area (Å²) in [6.45, 7) is 3.36. The van der Waals surface area contributed by atoms with Crippen molar-refractivity contribution in [3.05, 3.63) is 16.9 Å². The molecule has 0 bridgehead atoms. The minimum Gasteiger partial charge on any atom is -0.271 e. The third kappa shape index (κ3) is 1.71. The molecule has 0 amide bonds. The maximum absolute atomic E-state index is 5.82. The lowest BCUT2D eigenvalue weighted by Gasteiger charge is -2.03. The maximum atomic E-state index is 5.82. The Bertz CT molecular complexity index is 232. The summed E-state index contributed by atoms with van der Waals surface area (Å²) in [5, 5.41) is 4.70. The highest BCUT2D eigenvalue weighted by molar-refractivity contribution is 6.31. The number of nitrogens with two attached hydrogens (primary N) is 1. The Hall–Kier alpha value is -0.580. The molecule has 0 aliphatic heterocycles. The van der Waals surface area contributed by atoms with Crippen molar-refractivity contribution in [3.8, 4) is 0 Å². The molecule has 0 atom stereocenters. The van der Waals surface area contributed by atoms with Crippen LogP contribution in [-0.4, -0.2) is 9.78 Å². The van der Waals surface area contributed by atoms with E-state index in [4.69, 9.17) is 17.4 Å². The zero-order chi connectivity index (χ0) is 8.27. The molecule has 0 unspecified atom stereocenters. The number of hydrogen-bond donors (Lipinski definition) is 2. The number of halogens is 1. The van der Waals surface area contributed by atoms with Crippen LogP contribution >= 0.6 is 11.6 Å². The van der Waals surface area contributed by atoms with Gasteiger partial charge >= 0.3 is 0 Å². The van der Waals surface area contributed by atoms with Gasteiger partial charge in [0.05, 0.1) is 23.5 Å². The fraction of sp³-hybridized carbons (Fsp3) is 0.500. The van der Waals surface area contributed by atoms with Gasteiger partial charge in [0, 0.05) is 6.54 Å². The quantitative estimate of drug-likeness (QED) is 0.519. The molecule has 1 aromatic rings. The molecule has 0 radical (unpaired) electrons. The van der Waals surface area contributed by atoms with Gasteiger partial charge in [-0.2, -0.15) is 5.10 Å². The summed E-state index contributed by atoms with van der Waals surface area (Å²) in [5.74, 6) is 5.16. The van der Waals surface area contributed by atoms with E-state index in [-0.39, 0.29) is 0 Å². The number of aryl methyl sites for hydroxylation is 1. The molecule has 4 nitrogen and oxygen atoms in total. The Kier molecular flexibility index (Phi) is 2.87. The van der Waals surface area contributed by atoms with Gasteiger partial charge in [-0.1, -0.05) is 11.6 Å². The number of rotatable bonds is 3. The smallest absolute Gasteiger partial charge is 0.0831 e. The minimum absolute atomic E-state index is 0.548. The first-order chi connectivity index (χ1) is 5.29. The predicted molar refractivity (Wildman–Crippen MR) is 43.9 cm³/mol. The molecule has 11 heavy (non-hydrogen) atoms. The maximum Gasteiger partial charge on any atom is 0.0831 e. The molecule has 0 aliphatic carbocycles. The second-order valence-electron chi connectivity index (χ2n) is 2.14. The number of aromatic nitrogens is 2. The summed E-state index contributed by atoms with van der Waals surface area (Å²) in [6, 6.07) is 0. The van der Waals surface area contributed by atoms with Crippen molar-refractivity contribution in [1.29, 1.82) is 0 Å². The van der Waals surface area contributed by atoms with E-state index in [9.17, 15) is 0 Å². The van der Waals surface area contributed by atoms with Crippen LogP contribution in [0.3, 0.4) is 0 Å². The van der Waals surface area contributed by atoms with Gasteiger partial charge in [-0.05, 0) is 6.92 Å². The van der Waals surface area contributed by atoms with Crippen molar-refractivity contribution in [2.75, 3.05) is 0 Å². The molecule has 0 aliphatic rings. The minimum atomic E-state index is 0.548. The molecular formula is C6H11ClN4. The van der Waals surface area contributed by atoms with E-state index in [1.165, 1.54) is 0 Å². The van der Waals surface area contributed by atoms with E-state index in [0.29, 0.717) is 11.6 Å². The third-order valence-electron chi connectivity index (χ3n) is 1.47. The highest BCUT2D eigenvalue weighted by atomic mass is 35.5. The van der Waals surface area contributed by atoms with Crippen molar-refractivity contribution < 1.29 is 0 Å². The van der Waals surface area contributed by atoms with E-state index in [0.717, 1.165) is 12.2 Å². The Balaban J connectivity index is 2.88. The predicted octanol–water partition coefficient (Wildman–Crippen LogP) is 0.520. The highest BCUT2D eigenvalue weighted by Gasteiger charge is 2.05. The van der Waals surface area contributed by atoms with E-state index in [2.05, 4.69) is 10.5 Å². The number of hydrogen-bond acceptors (Lipinski definition) is 3. The van der Waals surface area contributed by atoms with E-state index in [1.807, 2.05) is 11.6 Å². The van der Waals surface area contributed by atoms with Crippen molar-refractivity contribution in [2.45, 2.75) is 20.0 Å². The van der Waals surface area contributed by atoms with Gasteiger partial charge in [0.1, 0.15) is 0 Å². The van der Waals surface area contributed by atoms with Gasteiger partial charge in [0.15, 0.2) is 0 Å². The van der Waals surface area contributed by atoms with Crippen LogP contribution in [0.2, 0.25) is 5.02 Å². The summed E-state index contributed by atoms with van der Waals surface area (Å²) in [4.78, 5) is 0. The molecule has 0 saturated heterocycles. The van der Waals surface area contributed by atoms with Crippen LogP contribution in [0.25, 0.3) is 0 Å². The van der Waals surface area contributed by atoms with Gasteiger partial charge in [-0.3, -0.25) is 16.0 Å². The van der Waals surface area contributed by atoms with Gasteiger partial charge < -0.3 is 0 Å². The molecule has 1 aromatic heterocycles. The van der Waals surface area contributed by atoms with Crippen LogP contribution in [0, 0.1) is 0 Å². The molecular weight excluding hydrogens is 164 g/mol. The summed E-state index contributed by atoms with van der Waals surface area (Å²) in [5.41, 5.74) is 3.47. The number of nitrogens with zero attached hydrogens (tertiary/aromatic N) is 2. The van der Waals surface area contributed by atoms with E-state index < -0.39 is 0 Å². The lowest BCUT2D eigenvalue weighted by atomic mass is 10.4. The van der Waals surface area contributed by atoms with Crippen LogP contribution in [0.4, 0.5) is 0 Å². The molecule has 62 valence electrons. The first-order valence-corrected chi connectivity index (χ1v) is 3.81. The molecule has 5 heteroatoms. The Morgan fingerprint density at radius 2 is 2.55 bits per heavy atom. The second kappa shape index (κ2) is 3.71. The van der Waals surface area contributed by atoms with Crippen LogP contribution in [-0.2, 0) is 13.1 Å². The van der Waals surface area contributed by atoms with Crippen molar-refractivity contribution in [1.82, 2.24) is 15.2 Å². The van der Waals surface area contributed by atoms with Crippen molar-refractivity contribution in [3.63, 3.8) is 0 Å². The summed E-state index contributed by atoms with van der Waals surface area (Å²) in [7, 11) is 0. The monoisotopic (exact) mass is 174 g/mol. The lowest BCUT2D eigenvalue weighted by Crippen LogP contribution is -2.23. The molecule has 1 rings (SSSR count). The Labute approximate surface area is 70.3 Å². The molecule has 1 heterocycles. The van der Waals surface area contributed by atoms with Crippen LogP contribution in [0.5, 0.6) is 0 Å². The summed E-state index contributed by atoms with van der Waals surface area (Å²) >= 11 is 5.82.